The van der Waals surface area contributed by atoms with Crippen LogP contribution in [0.4, 0.5) is 0 Å². The predicted molar refractivity (Wildman–Crippen MR) is 71.4 cm³/mol. The summed E-state index contributed by atoms with van der Waals surface area (Å²) in [4.78, 5) is 6.02. The van der Waals surface area contributed by atoms with Crippen molar-refractivity contribution in [2.75, 3.05) is 7.05 Å². The summed E-state index contributed by atoms with van der Waals surface area (Å²) < 4.78 is 5.50. The van der Waals surface area contributed by atoms with Crippen LogP contribution in [0, 0.1) is 6.92 Å². The van der Waals surface area contributed by atoms with Crippen LogP contribution >= 0.6 is 11.3 Å². The lowest BCUT2D eigenvalue weighted by Gasteiger charge is -2.03. The van der Waals surface area contributed by atoms with Crippen molar-refractivity contribution < 1.29 is 4.42 Å². The van der Waals surface area contributed by atoms with Gasteiger partial charge in [0.15, 0.2) is 10.8 Å². The standard InChI is InChI=1S/C13H18N2OS/c1-8(2)11-10(7-14-4)17-13(15-11)12-9(3)5-6-16-12/h5-6,8,14H,7H2,1-4H3. The third kappa shape index (κ3) is 2.42. The second-order valence-electron chi connectivity index (χ2n) is 4.45. The fraction of sp³-hybridized carbons (Fsp3) is 0.462. The Balaban J connectivity index is 2.43. The molecule has 2 rings (SSSR count). The zero-order chi connectivity index (χ0) is 12.4. The van der Waals surface area contributed by atoms with E-state index >= 15 is 0 Å². The Morgan fingerprint density at radius 2 is 2.24 bits per heavy atom. The molecule has 0 radical (unpaired) electrons. The van der Waals surface area contributed by atoms with Crippen molar-refractivity contribution in [2.24, 2.45) is 0 Å². The predicted octanol–water partition coefficient (Wildman–Crippen LogP) is 3.55. The van der Waals surface area contributed by atoms with Gasteiger partial charge in [0.25, 0.3) is 0 Å². The van der Waals surface area contributed by atoms with Gasteiger partial charge in [-0.25, -0.2) is 4.98 Å². The molecule has 0 aliphatic rings. The van der Waals surface area contributed by atoms with E-state index in [1.54, 1.807) is 17.6 Å². The first-order valence-corrected chi connectivity index (χ1v) is 6.63. The molecule has 17 heavy (non-hydrogen) atoms. The summed E-state index contributed by atoms with van der Waals surface area (Å²) in [5.41, 5.74) is 2.32. The van der Waals surface area contributed by atoms with Gasteiger partial charge in [-0.05, 0) is 31.5 Å². The van der Waals surface area contributed by atoms with E-state index < -0.39 is 0 Å². The van der Waals surface area contributed by atoms with E-state index in [1.807, 2.05) is 20.0 Å². The van der Waals surface area contributed by atoms with Crippen LogP contribution in [0.5, 0.6) is 0 Å². The van der Waals surface area contributed by atoms with Gasteiger partial charge < -0.3 is 9.73 Å². The number of aryl methyl sites for hydroxylation is 1. The third-order valence-electron chi connectivity index (χ3n) is 2.67. The monoisotopic (exact) mass is 250 g/mol. The average Bonchev–Trinajstić information content (AvgIpc) is 2.84. The maximum absolute atomic E-state index is 5.50. The minimum Gasteiger partial charge on any atom is -0.462 e. The smallest absolute Gasteiger partial charge is 0.165 e. The molecule has 0 aromatic carbocycles. The van der Waals surface area contributed by atoms with Crippen molar-refractivity contribution in [1.82, 2.24) is 10.3 Å². The SMILES string of the molecule is CNCc1sc(-c2occc2C)nc1C(C)C. The molecular formula is C13H18N2OS. The molecule has 4 heteroatoms. The van der Waals surface area contributed by atoms with Gasteiger partial charge in [-0.3, -0.25) is 0 Å². The molecule has 0 saturated heterocycles. The summed E-state index contributed by atoms with van der Waals surface area (Å²) >= 11 is 1.72. The van der Waals surface area contributed by atoms with Crippen molar-refractivity contribution in [3.63, 3.8) is 0 Å². The maximum Gasteiger partial charge on any atom is 0.165 e. The maximum atomic E-state index is 5.50. The van der Waals surface area contributed by atoms with E-state index in [2.05, 4.69) is 19.2 Å². The minimum absolute atomic E-state index is 0.443. The van der Waals surface area contributed by atoms with Crippen LogP contribution in [0.1, 0.15) is 35.9 Å². The van der Waals surface area contributed by atoms with Crippen molar-refractivity contribution in [2.45, 2.75) is 33.2 Å². The average molecular weight is 250 g/mol. The van der Waals surface area contributed by atoms with E-state index in [1.165, 1.54) is 10.6 Å². The molecule has 0 aliphatic heterocycles. The lowest BCUT2D eigenvalue weighted by atomic mass is 10.1. The number of rotatable bonds is 4. The molecule has 0 amide bonds. The molecule has 0 saturated carbocycles. The Bertz CT molecular complexity index is 499. The normalized spacial score (nSPS) is 11.4. The molecule has 2 aromatic rings. The number of hydrogen-bond acceptors (Lipinski definition) is 4. The highest BCUT2D eigenvalue weighted by Gasteiger charge is 2.17. The van der Waals surface area contributed by atoms with Gasteiger partial charge in [-0.2, -0.15) is 0 Å². The van der Waals surface area contributed by atoms with Crippen LogP contribution in [0.3, 0.4) is 0 Å². The highest BCUT2D eigenvalue weighted by Crippen LogP contribution is 2.33. The fourth-order valence-corrected chi connectivity index (χ4v) is 3.07. The highest BCUT2D eigenvalue weighted by atomic mass is 32.1. The second kappa shape index (κ2) is 5.02. The van der Waals surface area contributed by atoms with Gasteiger partial charge >= 0.3 is 0 Å². The zero-order valence-electron chi connectivity index (χ0n) is 10.7. The van der Waals surface area contributed by atoms with Crippen molar-refractivity contribution in [3.8, 4) is 10.8 Å². The molecule has 0 unspecified atom stereocenters. The molecule has 2 heterocycles. The Hall–Kier alpha value is -1.13. The number of furan rings is 1. The van der Waals surface area contributed by atoms with E-state index in [0.717, 1.165) is 22.9 Å². The third-order valence-corrected chi connectivity index (χ3v) is 3.74. The van der Waals surface area contributed by atoms with Crippen molar-refractivity contribution in [3.05, 3.63) is 28.5 Å². The first kappa shape index (κ1) is 12.3. The molecule has 0 atom stereocenters. The zero-order valence-corrected chi connectivity index (χ0v) is 11.5. The van der Waals surface area contributed by atoms with Gasteiger partial charge in [0.2, 0.25) is 0 Å². The summed E-state index contributed by atoms with van der Waals surface area (Å²) in [6, 6.07) is 1.98. The first-order chi connectivity index (χ1) is 8.13. The van der Waals surface area contributed by atoms with Crippen LogP contribution in [-0.4, -0.2) is 12.0 Å². The van der Waals surface area contributed by atoms with Crippen LogP contribution in [0.2, 0.25) is 0 Å². The van der Waals surface area contributed by atoms with Crippen molar-refractivity contribution in [1.29, 1.82) is 0 Å². The number of hydrogen-bond donors (Lipinski definition) is 1. The number of thiazole rings is 1. The largest absolute Gasteiger partial charge is 0.462 e. The summed E-state index contributed by atoms with van der Waals surface area (Å²) in [6.45, 7) is 7.26. The summed E-state index contributed by atoms with van der Waals surface area (Å²) in [7, 11) is 1.96. The number of nitrogens with zero attached hydrogens (tertiary/aromatic N) is 1. The van der Waals surface area contributed by atoms with Crippen LogP contribution in [-0.2, 0) is 6.54 Å². The van der Waals surface area contributed by atoms with Gasteiger partial charge in [0, 0.05) is 11.4 Å². The van der Waals surface area contributed by atoms with Crippen LogP contribution in [0.25, 0.3) is 10.8 Å². The van der Waals surface area contributed by atoms with Gasteiger partial charge in [-0.1, -0.05) is 13.8 Å². The van der Waals surface area contributed by atoms with Gasteiger partial charge in [0.1, 0.15) is 0 Å². The Kier molecular flexibility index (Phi) is 3.64. The topological polar surface area (TPSA) is 38.1 Å². The fourth-order valence-electron chi connectivity index (χ4n) is 1.79. The molecule has 92 valence electrons. The number of nitrogens with one attached hydrogen (secondary N) is 1. The molecule has 2 aromatic heterocycles. The van der Waals surface area contributed by atoms with Gasteiger partial charge in [-0.15, -0.1) is 11.3 Å². The Morgan fingerprint density at radius 3 is 2.76 bits per heavy atom. The van der Waals surface area contributed by atoms with Crippen LogP contribution in [0.15, 0.2) is 16.7 Å². The second-order valence-corrected chi connectivity index (χ2v) is 5.53. The molecule has 0 bridgehead atoms. The summed E-state index contributed by atoms with van der Waals surface area (Å²) in [5, 5.41) is 4.18. The van der Waals surface area contributed by atoms with E-state index in [0.29, 0.717) is 5.92 Å². The van der Waals surface area contributed by atoms with E-state index in [-0.39, 0.29) is 0 Å². The number of aromatic nitrogens is 1. The highest BCUT2D eigenvalue weighted by molar-refractivity contribution is 7.15. The van der Waals surface area contributed by atoms with Crippen molar-refractivity contribution >= 4 is 11.3 Å². The Morgan fingerprint density at radius 1 is 1.47 bits per heavy atom. The summed E-state index contributed by atoms with van der Waals surface area (Å²) in [5.74, 6) is 1.35. The Labute approximate surface area is 106 Å². The first-order valence-electron chi connectivity index (χ1n) is 5.82. The molecule has 0 fully saturated rings. The molecule has 0 aliphatic carbocycles. The lowest BCUT2D eigenvalue weighted by molar-refractivity contribution is 0.580. The summed E-state index contributed by atoms with van der Waals surface area (Å²) in [6.07, 6.45) is 1.72. The van der Waals surface area contributed by atoms with E-state index in [9.17, 15) is 0 Å². The molecule has 1 N–H and O–H groups in total. The van der Waals surface area contributed by atoms with E-state index in [4.69, 9.17) is 9.40 Å². The molecule has 3 nitrogen and oxygen atoms in total. The van der Waals surface area contributed by atoms with Gasteiger partial charge in [0.05, 0.1) is 12.0 Å². The minimum atomic E-state index is 0.443. The molecule has 0 spiro atoms. The molecular weight excluding hydrogens is 232 g/mol. The van der Waals surface area contributed by atoms with Crippen LogP contribution < -0.4 is 5.32 Å². The quantitative estimate of drug-likeness (QED) is 0.901. The lowest BCUT2D eigenvalue weighted by Crippen LogP contribution is -2.06.